The summed E-state index contributed by atoms with van der Waals surface area (Å²) in [5.74, 6) is 5.40. The quantitative estimate of drug-likeness (QED) is 0.0536. The van der Waals surface area contributed by atoms with Crippen LogP contribution in [0.15, 0.2) is 42.5 Å². The normalized spacial score (nSPS) is 28.8. The van der Waals surface area contributed by atoms with Crippen molar-refractivity contribution in [3.63, 3.8) is 0 Å². The molecule has 1 heterocycles. The van der Waals surface area contributed by atoms with Gasteiger partial charge in [-0.2, -0.15) is 0 Å². The number of allylic oxidation sites excluding steroid dienone is 3. The van der Waals surface area contributed by atoms with Gasteiger partial charge in [0.25, 0.3) is 0 Å². The van der Waals surface area contributed by atoms with Crippen LogP contribution >= 0.6 is 0 Å². The number of rotatable bonds is 32. The molecule has 5 heteroatoms. The van der Waals surface area contributed by atoms with Crippen molar-refractivity contribution in [2.75, 3.05) is 26.4 Å². The summed E-state index contributed by atoms with van der Waals surface area (Å²) in [4.78, 5) is 4.25. The van der Waals surface area contributed by atoms with Gasteiger partial charge in [-0.1, -0.05) is 142 Å². The van der Waals surface area contributed by atoms with Crippen molar-refractivity contribution in [2.24, 2.45) is 46.3 Å². The molecule has 1 aromatic heterocycles. The van der Waals surface area contributed by atoms with Crippen molar-refractivity contribution in [1.82, 2.24) is 9.55 Å². The van der Waals surface area contributed by atoms with Crippen LogP contribution in [-0.2, 0) is 20.8 Å². The Morgan fingerprint density at radius 1 is 0.767 bits per heavy atom. The molecule has 6 unspecified atom stereocenters. The smallest absolute Gasteiger partial charge is 0.0987 e. The predicted octanol–water partition coefficient (Wildman–Crippen LogP) is 15.5. The van der Waals surface area contributed by atoms with Crippen LogP contribution in [0.5, 0.6) is 0 Å². The lowest BCUT2D eigenvalue weighted by Crippen LogP contribution is -2.51. The largest absolute Gasteiger partial charge is 0.379 e. The molecule has 0 radical (unpaired) electrons. The zero-order chi connectivity index (χ0) is 42.5. The second-order valence-electron chi connectivity index (χ2n) is 21.5. The summed E-state index contributed by atoms with van der Waals surface area (Å²) >= 11 is 0. The molecule has 9 atom stereocenters. The molecule has 344 valence electrons. The molecule has 0 saturated heterocycles. The Kier molecular flexibility index (Phi) is 22.3. The molecule has 3 saturated carbocycles. The number of aromatic nitrogens is 2. The molecule has 0 aromatic carbocycles. The molecule has 1 aromatic rings. The third-order valence-corrected chi connectivity index (χ3v) is 16.6. The first-order chi connectivity index (χ1) is 29.2. The van der Waals surface area contributed by atoms with Gasteiger partial charge in [-0.15, -0.1) is 0 Å². The van der Waals surface area contributed by atoms with Gasteiger partial charge in [0.1, 0.15) is 0 Å². The lowest BCUT2D eigenvalue weighted by molar-refractivity contribution is -0.0648. The fourth-order valence-corrected chi connectivity index (χ4v) is 12.9. The number of ether oxygens (including phenoxy) is 3. The average molecular weight is 833 g/mol. The van der Waals surface area contributed by atoms with Gasteiger partial charge < -0.3 is 18.8 Å². The van der Waals surface area contributed by atoms with E-state index in [2.05, 4.69) is 69.3 Å². The van der Waals surface area contributed by atoms with E-state index in [4.69, 9.17) is 14.2 Å². The summed E-state index contributed by atoms with van der Waals surface area (Å²) in [6.45, 7) is 18.9. The van der Waals surface area contributed by atoms with Crippen LogP contribution in [0.2, 0.25) is 0 Å². The SMILES string of the molecule is CCCCCCCC/C=C\CCCCCCCCOCC(Cn1ccnc1)OCCCCO[C@H]1CC[C@@]2(C)C(=CCC3C4CCC(C(C)CCCC(C)C)[C@@]4(C)CCC32)C1. The first-order valence-electron chi connectivity index (χ1n) is 26.4. The summed E-state index contributed by atoms with van der Waals surface area (Å²) in [6, 6.07) is 0. The molecule has 5 nitrogen and oxygen atoms in total. The Labute approximate surface area is 371 Å². The van der Waals surface area contributed by atoms with E-state index in [0.717, 1.165) is 87.6 Å². The topological polar surface area (TPSA) is 45.5 Å². The molecular formula is C55H96N2O3. The van der Waals surface area contributed by atoms with Crippen LogP contribution in [0, 0.1) is 46.3 Å². The number of hydrogen-bond acceptors (Lipinski definition) is 4. The number of fused-ring (bicyclic) bond motifs is 5. The van der Waals surface area contributed by atoms with E-state index in [1.165, 1.54) is 148 Å². The highest BCUT2D eigenvalue weighted by molar-refractivity contribution is 5.25. The molecule has 0 spiro atoms. The van der Waals surface area contributed by atoms with Crippen LogP contribution in [-0.4, -0.2) is 48.2 Å². The second-order valence-corrected chi connectivity index (χ2v) is 21.5. The minimum atomic E-state index is 0.0539. The van der Waals surface area contributed by atoms with Crippen LogP contribution in [0.1, 0.15) is 215 Å². The Hall–Kier alpha value is -1.43. The van der Waals surface area contributed by atoms with Gasteiger partial charge in [0.2, 0.25) is 0 Å². The number of imidazole rings is 1. The van der Waals surface area contributed by atoms with E-state index in [-0.39, 0.29) is 6.10 Å². The summed E-state index contributed by atoms with van der Waals surface area (Å²) in [6.07, 6.45) is 49.7. The maximum absolute atomic E-state index is 6.61. The van der Waals surface area contributed by atoms with E-state index >= 15 is 0 Å². The minimum Gasteiger partial charge on any atom is -0.379 e. The van der Waals surface area contributed by atoms with Gasteiger partial charge in [0, 0.05) is 32.2 Å². The molecule has 5 rings (SSSR count). The van der Waals surface area contributed by atoms with Gasteiger partial charge in [0.15, 0.2) is 0 Å². The van der Waals surface area contributed by atoms with Crippen molar-refractivity contribution in [2.45, 2.75) is 234 Å². The van der Waals surface area contributed by atoms with Crippen molar-refractivity contribution in [3.8, 4) is 0 Å². The highest BCUT2D eigenvalue weighted by Gasteiger charge is 2.59. The molecule has 4 aliphatic rings. The molecule has 3 fully saturated rings. The standard InChI is InChI=1S/C55H96N2O3/c1-7-8-9-10-11-12-13-14-15-16-17-18-19-20-21-22-38-58-43-49(42-57-37-36-56-44-57)60-40-24-23-39-59-48-32-34-54(5)47(41-48)28-29-50-52-31-30-51(46(4)27-25-26-45(2)3)55(52,6)35-33-53(50)54/h14-15,28,36-37,44-46,48-53H,7-13,16-27,29-35,38-43H2,1-6H3/b15-14-/t46?,48-,49?,50?,51?,52?,53?,54-,55+/m0/s1. The van der Waals surface area contributed by atoms with Gasteiger partial charge >= 0.3 is 0 Å². The summed E-state index contributed by atoms with van der Waals surface area (Å²) < 4.78 is 21.3. The maximum Gasteiger partial charge on any atom is 0.0987 e. The van der Waals surface area contributed by atoms with Gasteiger partial charge in [-0.3, -0.25) is 0 Å². The predicted molar refractivity (Wildman–Crippen MR) is 254 cm³/mol. The fourth-order valence-electron chi connectivity index (χ4n) is 12.9. The van der Waals surface area contributed by atoms with Gasteiger partial charge in [-0.25, -0.2) is 4.98 Å². The van der Waals surface area contributed by atoms with Crippen LogP contribution in [0.3, 0.4) is 0 Å². The van der Waals surface area contributed by atoms with Crippen LogP contribution < -0.4 is 0 Å². The van der Waals surface area contributed by atoms with E-state index in [0.29, 0.717) is 23.5 Å². The maximum atomic E-state index is 6.61. The van der Waals surface area contributed by atoms with E-state index < -0.39 is 0 Å². The molecule has 0 amide bonds. The lowest BCUT2D eigenvalue weighted by atomic mass is 9.47. The Balaban J connectivity index is 0.916. The fraction of sp³-hybridized carbons (Fsp3) is 0.873. The monoisotopic (exact) mass is 833 g/mol. The Bertz CT molecular complexity index is 1320. The zero-order valence-electron chi connectivity index (χ0n) is 40.3. The highest BCUT2D eigenvalue weighted by atomic mass is 16.5. The van der Waals surface area contributed by atoms with Gasteiger partial charge in [-0.05, 0) is 143 Å². The van der Waals surface area contributed by atoms with Crippen LogP contribution in [0.25, 0.3) is 0 Å². The number of hydrogen-bond donors (Lipinski definition) is 0. The molecule has 0 aliphatic heterocycles. The summed E-state index contributed by atoms with van der Waals surface area (Å²) in [7, 11) is 0. The van der Waals surface area contributed by atoms with Crippen LogP contribution in [0.4, 0.5) is 0 Å². The minimum absolute atomic E-state index is 0.0539. The molecule has 0 N–H and O–H groups in total. The zero-order valence-corrected chi connectivity index (χ0v) is 40.3. The third kappa shape index (κ3) is 15.4. The van der Waals surface area contributed by atoms with E-state index in [1.807, 2.05) is 18.7 Å². The van der Waals surface area contributed by atoms with Crippen molar-refractivity contribution >= 4 is 0 Å². The molecule has 0 bridgehead atoms. The Morgan fingerprint density at radius 2 is 1.48 bits per heavy atom. The Morgan fingerprint density at radius 3 is 2.22 bits per heavy atom. The van der Waals surface area contributed by atoms with Crippen molar-refractivity contribution in [3.05, 3.63) is 42.5 Å². The summed E-state index contributed by atoms with van der Waals surface area (Å²) in [5.41, 5.74) is 2.72. The highest BCUT2D eigenvalue weighted by Crippen LogP contribution is 2.67. The first kappa shape index (κ1) is 49.6. The molecule has 60 heavy (non-hydrogen) atoms. The molecular weight excluding hydrogens is 737 g/mol. The van der Waals surface area contributed by atoms with Crippen molar-refractivity contribution < 1.29 is 14.2 Å². The summed E-state index contributed by atoms with van der Waals surface area (Å²) in [5, 5.41) is 0. The average Bonchev–Trinajstić information content (AvgIpc) is 3.88. The van der Waals surface area contributed by atoms with E-state index in [1.54, 1.807) is 5.57 Å². The second kappa shape index (κ2) is 27.0. The number of unbranched alkanes of at least 4 members (excludes halogenated alkanes) is 13. The van der Waals surface area contributed by atoms with E-state index in [9.17, 15) is 0 Å². The van der Waals surface area contributed by atoms with Crippen molar-refractivity contribution in [1.29, 1.82) is 0 Å². The lowest BCUT2D eigenvalue weighted by Gasteiger charge is -2.58. The molecule has 4 aliphatic carbocycles. The third-order valence-electron chi connectivity index (χ3n) is 16.6. The number of nitrogens with zero attached hydrogens (tertiary/aromatic N) is 2. The first-order valence-corrected chi connectivity index (χ1v) is 26.4. The van der Waals surface area contributed by atoms with Gasteiger partial charge in [0.05, 0.1) is 31.7 Å².